The van der Waals surface area contributed by atoms with Crippen molar-refractivity contribution in [2.75, 3.05) is 26.3 Å². The van der Waals surface area contributed by atoms with Crippen LogP contribution in [0.2, 0.25) is 0 Å². The molecule has 1 saturated heterocycles. The number of hydrogen-bond donors (Lipinski definition) is 1. The minimum absolute atomic E-state index is 0.104. The lowest BCUT2D eigenvalue weighted by Crippen LogP contribution is -2.41. The number of fused-ring (bicyclic) bond motifs is 1. The van der Waals surface area contributed by atoms with Crippen LogP contribution >= 0.6 is 0 Å². The Hall–Kier alpha value is -2.75. The van der Waals surface area contributed by atoms with Crippen molar-refractivity contribution in [3.63, 3.8) is 0 Å². The van der Waals surface area contributed by atoms with Crippen LogP contribution in [0.1, 0.15) is 27.2 Å². The Kier molecular flexibility index (Phi) is 5.85. The second-order valence-electron chi connectivity index (χ2n) is 7.31. The van der Waals surface area contributed by atoms with E-state index in [4.69, 9.17) is 4.74 Å². The third-order valence-corrected chi connectivity index (χ3v) is 6.94. The lowest BCUT2D eigenvalue weighted by Gasteiger charge is -2.26. The van der Waals surface area contributed by atoms with Crippen molar-refractivity contribution >= 4 is 21.6 Å². The molecule has 158 valence electrons. The molecule has 2 aromatic heterocycles. The Balaban J connectivity index is 1.46. The van der Waals surface area contributed by atoms with E-state index in [-0.39, 0.29) is 18.2 Å². The molecule has 30 heavy (non-hydrogen) atoms. The van der Waals surface area contributed by atoms with Crippen LogP contribution in [-0.4, -0.2) is 54.3 Å². The molecule has 0 unspecified atom stereocenters. The molecule has 1 aliphatic rings. The van der Waals surface area contributed by atoms with E-state index in [9.17, 15) is 13.2 Å². The molecule has 0 saturated carbocycles. The first-order chi connectivity index (χ1) is 14.4. The SMILES string of the molecule is Cc1ccn2cc(C(=O)NCc3ccccc3CS(=O)(=O)N3CCOCC3)nc2c1. The van der Waals surface area contributed by atoms with Crippen LogP contribution in [0.5, 0.6) is 0 Å². The number of nitrogens with one attached hydrogen (secondary N) is 1. The molecule has 3 aromatic rings. The third-order valence-electron chi connectivity index (χ3n) is 5.11. The minimum Gasteiger partial charge on any atom is -0.379 e. The number of aryl methyl sites for hydroxylation is 1. The smallest absolute Gasteiger partial charge is 0.271 e. The van der Waals surface area contributed by atoms with E-state index in [1.54, 1.807) is 22.7 Å². The normalized spacial score (nSPS) is 15.4. The van der Waals surface area contributed by atoms with E-state index in [1.165, 1.54) is 4.31 Å². The van der Waals surface area contributed by atoms with Gasteiger partial charge in [-0.1, -0.05) is 24.3 Å². The van der Waals surface area contributed by atoms with Gasteiger partial charge in [-0.05, 0) is 35.7 Å². The van der Waals surface area contributed by atoms with E-state index in [1.807, 2.05) is 37.4 Å². The van der Waals surface area contributed by atoms with Gasteiger partial charge in [0.05, 0.1) is 19.0 Å². The molecule has 9 heteroatoms. The van der Waals surface area contributed by atoms with Crippen LogP contribution in [0.25, 0.3) is 5.65 Å². The molecule has 0 radical (unpaired) electrons. The fraction of sp³-hybridized carbons (Fsp3) is 0.333. The molecule has 1 aliphatic heterocycles. The number of aromatic nitrogens is 2. The summed E-state index contributed by atoms with van der Waals surface area (Å²) in [6.07, 6.45) is 3.54. The standard InChI is InChI=1S/C21H24N4O4S/c1-16-6-7-24-14-19(23-20(24)12-16)21(26)22-13-17-4-2-3-5-18(17)15-30(27,28)25-8-10-29-11-9-25/h2-7,12,14H,8-11,13,15H2,1H3,(H,22,26). The van der Waals surface area contributed by atoms with Gasteiger partial charge in [0.1, 0.15) is 11.3 Å². The van der Waals surface area contributed by atoms with Crippen LogP contribution in [0, 0.1) is 6.92 Å². The first kappa shape index (κ1) is 20.5. The van der Waals surface area contributed by atoms with Gasteiger partial charge in [0, 0.05) is 32.0 Å². The monoisotopic (exact) mass is 428 g/mol. The van der Waals surface area contributed by atoms with Crippen molar-refractivity contribution in [3.8, 4) is 0 Å². The number of morpholine rings is 1. The maximum Gasteiger partial charge on any atom is 0.271 e. The lowest BCUT2D eigenvalue weighted by molar-refractivity contribution is 0.0729. The average molecular weight is 429 g/mol. The Morgan fingerprint density at radius 3 is 2.67 bits per heavy atom. The summed E-state index contributed by atoms with van der Waals surface area (Å²) in [4.78, 5) is 17.0. The largest absolute Gasteiger partial charge is 0.379 e. The van der Waals surface area contributed by atoms with Gasteiger partial charge in [0.15, 0.2) is 0 Å². The van der Waals surface area contributed by atoms with Gasteiger partial charge in [0.25, 0.3) is 5.91 Å². The Bertz CT molecular complexity index is 1170. The molecule has 1 aromatic carbocycles. The number of carbonyl (C=O) groups excluding carboxylic acids is 1. The quantitative estimate of drug-likeness (QED) is 0.646. The van der Waals surface area contributed by atoms with Crippen LogP contribution in [0.3, 0.4) is 0 Å². The average Bonchev–Trinajstić information content (AvgIpc) is 3.16. The molecule has 1 N–H and O–H groups in total. The van der Waals surface area contributed by atoms with Gasteiger partial charge in [-0.15, -0.1) is 0 Å². The van der Waals surface area contributed by atoms with Gasteiger partial charge in [0.2, 0.25) is 10.0 Å². The van der Waals surface area contributed by atoms with E-state index in [2.05, 4.69) is 10.3 Å². The fourth-order valence-corrected chi connectivity index (χ4v) is 5.01. The number of ether oxygens (including phenoxy) is 1. The van der Waals surface area contributed by atoms with Crippen LogP contribution in [0.4, 0.5) is 0 Å². The number of amides is 1. The molecule has 4 rings (SSSR count). The second kappa shape index (κ2) is 8.55. The molecule has 0 bridgehead atoms. The number of imidazole rings is 1. The van der Waals surface area contributed by atoms with Gasteiger partial charge >= 0.3 is 0 Å². The van der Waals surface area contributed by atoms with Crippen molar-refractivity contribution in [1.29, 1.82) is 0 Å². The molecular weight excluding hydrogens is 404 g/mol. The maximum atomic E-state index is 12.8. The topological polar surface area (TPSA) is 93.0 Å². The molecule has 1 amide bonds. The third kappa shape index (κ3) is 4.53. The summed E-state index contributed by atoms with van der Waals surface area (Å²) >= 11 is 0. The van der Waals surface area contributed by atoms with E-state index in [0.717, 1.165) is 11.1 Å². The summed E-state index contributed by atoms with van der Waals surface area (Å²) in [5, 5.41) is 2.85. The fourth-order valence-electron chi connectivity index (χ4n) is 3.44. The molecule has 0 aliphatic carbocycles. The predicted molar refractivity (Wildman–Crippen MR) is 113 cm³/mol. The van der Waals surface area contributed by atoms with Crippen molar-refractivity contribution < 1.29 is 17.9 Å². The zero-order valence-corrected chi connectivity index (χ0v) is 17.6. The molecule has 0 spiro atoms. The number of nitrogens with zero attached hydrogens (tertiary/aromatic N) is 3. The van der Waals surface area contributed by atoms with Crippen LogP contribution in [0.15, 0.2) is 48.8 Å². The highest BCUT2D eigenvalue weighted by Crippen LogP contribution is 2.17. The van der Waals surface area contributed by atoms with Gasteiger partial charge in [-0.3, -0.25) is 4.79 Å². The number of pyridine rings is 1. The number of rotatable bonds is 6. The highest BCUT2D eigenvalue weighted by Gasteiger charge is 2.25. The zero-order valence-electron chi connectivity index (χ0n) is 16.7. The van der Waals surface area contributed by atoms with Gasteiger partial charge in [-0.25, -0.2) is 13.4 Å². The summed E-state index contributed by atoms with van der Waals surface area (Å²) in [5.41, 5.74) is 3.53. The first-order valence-corrected chi connectivity index (χ1v) is 11.4. The highest BCUT2D eigenvalue weighted by atomic mass is 32.2. The van der Waals surface area contributed by atoms with Crippen molar-refractivity contribution in [3.05, 3.63) is 71.2 Å². The van der Waals surface area contributed by atoms with Crippen molar-refractivity contribution in [1.82, 2.24) is 19.0 Å². The summed E-state index contributed by atoms with van der Waals surface area (Å²) in [6, 6.07) is 11.1. The summed E-state index contributed by atoms with van der Waals surface area (Å²) < 4.78 is 34.0. The number of benzene rings is 1. The predicted octanol–water partition coefficient (Wildman–Crippen LogP) is 1.73. The van der Waals surface area contributed by atoms with Crippen molar-refractivity contribution in [2.24, 2.45) is 0 Å². The number of hydrogen-bond acceptors (Lipinski definition) is 5. The van der Waals surface area contributed by atoms with Crippen LogP contribution < -0.4 is 5.32 Å². The Morgan fingerprint density at radius 1 is 1.17 bits per heavy atom. The van der Waals surface area contributed by atoms with E-state index in [0.29, 0.717) is 43.2 Å². The van der Waals surface area contributed by atoms with Gasteiger partial charge in [-0.2, -0.15) is 4.31 Å². The molecule has 1 fully saturated rings. The lowest BCUT2D eigenvalue weighted by atomic mass is 10.1. The minimum atomic E-state index is -3.45. The summed E-state index contributed by atoms with van der Waals surface area (Å²) in [6.45, 7) is 3.75. The highest BCUT2D eigenvalue weighted by molar-refractivity contribution is 7.88. The Labute approximate surface area is 175 Å². The van der Waals surface area contributed by atoms with Crippen molar-refractivity contribution in [2.45, 2.75) is 19.2 Å². The Morgan fingerprint density at radius 2 is 1.90 bits per heavy atom. The molecule has 8 nitrogen and oxygen atoms in total. The number of carbonyl (C=O) groups is 1. The second-order valence-corrected chi connectivity index (χ2v) is 9.28. The zero-order chi connectivity index (χ0) is 21.1. The molecule has 0 atom stereocenters. The van der Waals surface area contributed by atoms with E-state index >= 15 is 0 Å². The molecule has 3 heterocycles. The first-order valence-electron chi connectivity index (χ1n) is 9.78. The van der Waals surface area contributed by atoms with Crippen LogP contribution in [-0.2, 0) is 27.1 Å². The summed E-state index contributed by atoms with van der Waals surface area (Å²) in [7, 11) is -3.45. The number of sulfonamides is 1. The molecular formula is C21H24N4O4S. The summed E-state index contributed by atoms with van der Waals surface area (Å²) in [5.74, 6) is -0.408. The van der Waals surface area contributed by atoms with E-state index < -0.39 is 10.0 Å². The van der Waals surface area contributed by atoms with Gasteiger partial charge < -0.3 is 14.5 Å². The maximum absolute atomic E-state index is 12.8.